The average molecular weight is 320 g/mol. The van der Waals surface area contributed by atoms with Crippen molar-refractivity contribution in [3.63, 3.8) is 0 Å². The Morgan fingerprint density at radius 2 is 1.78 bits per heavy atom. The molecular weight excluding hydrogens is 292 g/mol. The fourth-order valence-electron chi connectivity index (χ4n) is 2.40. The molecule has 0 heterocycles. The minimum atomic E-state index is -0.992. The van der Waals surface area contributed by atoms with Crippen LogP contribution in [0.15, 0.2) is 30.3 Å². The number of benzene rings is 1. The van der Waals surface area contributed by atoms with E-state index in [-0.39, 0.29) is 24.3 Å². The standard InChI is InChI=1S/C18H28N2O3/c1-13(2)11-15(21)19-16(14-9-7-6-8-10-14)17(22)20(5)12-18(3,4)23/h6-10,13,16,23H,11-12H2,1-5H3,(H,19,21). The Bertz CT molecular complexity index is 521. The summed E-state index contributed by atoms with van der Waals surface area (Å²) in [5.74, 6) is -0.176. The number of hydrogen-bond donors (Lipinski definition) is 2. The van der Waals surface area contributed by atoms with E-state index in [2.05, 4.69) is 5.32 Å². The monoisotopic (exact) mass is 320 g/mol. The van der Waals surface area contributed by atoms with Crippen LogP contribution in [0.2, 0.25) is 0 Å². The van der Waals surface area contributed by atoms with Crippen LogP contribution in [-0.4, -0.2) is 41.0 Å². The lowest BCUT2D eigenvalue weighted by Crippen LogP contribution is -2.46. The normalized spacial score (nSPS) is 12.8. The first-order chi connectivity index (χ1) is 10.6. The Labute approximate surface area is 138 Å². The Kier molecular flexibility index (Phi) is 6.76. The topological polar surface area (TPSA) is 69.6 Å². The second-order valence-corrected chi connectivity index (χ2v) is 7.02. The van der Waals surface area contributed by atoms with E-state index in [1.165, 1.54) is 4.90 Å². The lowest BCUT2D eigenvalue weighted by molar-refractivity contribution is -0.137. The molecule has 0 fully saturated rings. The number of aliphatic hydroxyl groups is 1. The maximum Gasteiger partial charge on any atom is 0.249 e. The number of rotatable bonds is 7. The molecule has 128 valence electrons. The second-order valence-electron chi connectivity index (χ2n) is 7.02. The molecule has 5 heteroatoms. The van der Waals surface area contributed by atoms with Gasteiger partial charge in [-0.2, -0.15) is 0 Å². The number of nitrogens with zero attached hydrogens (tertiary/aromatic N) is 1. The summed E-state index contributed by atoms with van der Waals surface area (Å²) in [7, 11) is 1.63. The highest BCUT2D eigenvalue weighted by Crippen LogP contribution is 2.17. The van der Waals surface area contributed by atoms with E-state index in [0.717, 1.165) is 5.56 Å². The number of amides is 2. The minimum absolute atomic E-state index is 0.154. The number of carbonyl (C=O) groups is 2. The van der Waals surface area contributed by atoms with Gasteiger partial charge in [-0.05, 0) is 25.3 Å². The maximum absolute atomic E-state index is 12.7. The average Bonchev–Trinajstić information content (AvgIpc) is 2.42. The smallest absolute Gasteiger partial charge is 0.249 e. The zero-order chi connectivity index (χ0) is 17.6. The zero-order valence-electron chi connectivity index (χ0n) is 14.7. The van der Waals surface area contributed by atoms with E-state index in [1.54, 1.807) is 20.9 Å². The fourth-order valence-corrected chi connectivity index (χ4v) is 2.40. The van der Waals surface area contributed by atoms with Crippen molar-refractivity contribution >= 4 is 11.8 Å². The van der Waals surface area contributed by atoms with E-state index in [9.17, 15) is 14.7 Å². The zero-order valence-corrected chi connectivity index (χ0v) is 14.7. The van der Waals surface area contributed by atoms with Crippen molar-refractivity contribution in [2.24, 2.45) is 5.92 Å². The van der Waals surface area contributed by atoms with E-state index < -0.39 is 11.6 Å². The Balaban J connectivity index is 2.95. The van der Waals surface area contributed by atoms with Gasteiger partial charge in [0.05, 0.1) is 5.60 Å². The van der Waals surface area contributed by atoms with Crippen LogP contribution in [0.4, 0.5) is 0 Å². The fraction of sp³-hybridized carbons (Fsp3) is 0.556. The maximum atomic E-state index is 12.7. The van der Waals surface area contributed by atoms with Crippen LogP contribution in [0.3, 0.4) is 0 Å². The molecule has 1 atom stereocenters. The van der Waals surface area contributed by atoms with Gasteiger partial charge in [0.1, 0.15) is 6.04 Å². The minimum Gasteiger partial charge on any atom is -0.389 e. The molecule has 0 saturated heterocycles. The number of nitrogens with one attached hydrogen (secondary N) is 1. The van der Waals surface area contributed by atoms with Crippen LogP contribution in [0, 0.1) is 5.92 Å². The molecule has 5 nitrogen and oxygen atoms in total. The molecule has 1 aromatic rings. The molecule has 0 aromatic heterocycles. The molecule has 0 aliphatic rings. The molecule has 0 radical (unpaired) electrons. The summed E-state index contributed by atoms with van der Waals surface area (Å²) < 4.78 is 0. The van der Waals surface area contributed by atoms with Gasteiger partial charge in [-0.1, -0.05) is 44.2 Å². The van der Waals surface area contributed by atoms with Crippen molar-refractivity contribution < 1.29 is 14.7 Å². The van der Waals surface area contributed by atoms with E-state index in [4.69, 9.17) is 0 Å². The van der Waals surface area contributed by atoms with Gasteiger partial charge < -0.3 is 15.3 Å². The second kappa shape index (κ2) is 8.11. The van der Waals surface area contributed by atoms with Crippen molar-refractivity contribution in [1.29, 1.82) is 0 Å². The highest BCUT2D eigenvalue weighted by Gasteiger charge is 2.28. The molecular formula is C18H28N2O3. The Hall–Kier alpha value is -1.88. The van der Waals surface area contributed by atoms with Gasteiger partial charge in [0.2, 0.25) is 11.8 Å². The molecule has 2 N–H and O–H groups in total. The quantitative estimate of drug-likeness (QED) is 0.808. The SMILES string of the molecule is CC(C)CC(=O)NC(C(=O)N(C)CC(C)(C)O)c1ccccc1. The third-order valence-electron chi connectivity index (χ3n) is 3.28. The summed E-state index contributed by atoms with van der Waals surface area (Å²) in [6.07, 6.45) is 0.367. The van der Waals surface area contributed by atoms with Crippen LogP contribution in [0.1, 0.15) is 45.7 Å². The molecule has 1 aromatic carbocycles. The molecule has 2 amide bonds. The molecule has 0 aliphatic heterocycles. The predicted molar refractivity (Wildman–Crippen MR) is 90.7 cm³/mol. The molecule has 0 spiro atoms. The number of likely N-dealkylation sites (N-methyl/N-ethyl adjacent to an activating group) is 1. The lowest BCUT2D eigenvalue weighted by Gasteiger charge is -2.29. The largest absolute Gasteiger partial charge is 0.389 e. The van der Waals surface area contributed by atoms with Crippen LogP contribution in [0.5, 0.6) is 0 Å². The summed E-state index contributed by atoms with van der Waals surface area (Å²) >= 11 is 0. The Morgan fingerprint density at radius 1 is 1.22 bits per heavy atom. The summed E-state index contributed by atoms with van der Waals surface area (Å²) in [4.78, 5) is 26.3. The van der Waals surface area contributed by atoms with E-state index in [1.807, 2.05) is 44.2 Å². The number of hydrogen-bond acceptors (Lipinski definition) is 3. The predicted octanol–water partition coefficient (Wildman–Crippen LogP) is 2.12. The third-order valence-corrected chi connectivity index (χ3v) is 3.28. The third kappa shape index (κ3) is 6.82. The molecule has 23 heavy (non-hydrogen) atoms. The van der Waals surface area contributed by atoms with Gasteiger partial charge in [-0.15, -0.1) is 0 Å². The number of carbonyl (C=O) groups excluding carboxylic acids is 2. The molecule has 0 saturated carbocycles. The van der Waals surface area contributed by atoms with Crippen LogP contribution >= 0.6 is 0 Å². The van der Waals surface area contributed by atoms with Crippen LogP contribution < -0.4 is 5.32 Å². The highest BCUT2D eigenvalue weighted by atomic mass is 16.3. The van der Waals surface area contributed by atoms with Crippen LogP contribution in [-0.2, 0) is 9.59 Å². The van der Waals surface area contributed by atoms with Gasteiger partial charge in [0.25, 0.3) is 0 Å². The van der Waals surface area contributed by atoms with E-state index >= 15 is 0 Å². The van der Waals surface area contributed by atoms with Gasteiger partial charge in [-0.3, -0.25) is 9.59 Å². The van der Waals surface area contributed by atoms with Gasteiger partial charge in [0, 0.05) is 20.0 Å². The summed E-state index contributed by atoms with van der Waals surface area (Å²) in [6, 6.07) is 8.42. The summed E-state index contributed by atoms with van der Waals surface area (Å²) in [5.41, 5.74) is -0.259. The molecule has 1 unspecified atom stereocenters. The highest BCUT2D eigenvalue weighted by molar-refractivity contribution is 5.88. The lowest BCUT2D eigenvalue weighted by atomic mass is 10.0. The van der Waals surface area contributed by atoms with Crippen molar-refractivity contribution in [2.75, 3.05) is 13.6 Å². The van der Waals surface area contributed by atoms with Gasteiger partial charge in [0.15, 0.2) is 0 Å². The van der Waals surface area contributed by atoms with Gasteiger partial charge >= 0.3 is 0 Å². The van der Waals surface area contributed by atoms with Gasteiger partial charge in [-0.25, -0.2) is 0 Å². The van der Waals surface area contributed by atoms with Crippen molar-refractivity contribution in [1.82, 2.24) is 10.2 Å². The first-order valence-electron chi connectivity index (χ1n) is 7.92. The van der Waals surface area contributed by atoms with Crippen LogP contribution in [0.25, 0.3) is 0 Å². The van der Waals surface area contributed by atoms with Crippen molar-refractivity contribution in [2.45, 2.75) is 45.8 Å². The van der Waals surface area contributed by atoms with Crippen molar-refractivity contribution in [3.05, 3.63) is 35.9 Å². The van der Waals surface area contributed by atoms with Crippen molar-refractivity contribution in [3.8, 4) is 0 Å². The molecule has 0 aliphatic carbocycles. The summed E-state index contributed by atoms with van der Waals surface area (Å²) in [5, 5.41) is 12.7. The first kappa shape index (κ1) is 19.2. The van der Waals surface area contributed by atoms with E-state index in [0.29, 0.717) is 6.42 Å². The Morgan fingerprint density at radius 3 is 2.26 bits per heavy atom. The summed E-state index contributed by atoms with van der Waals surface area (Å²) in [6.45, 7) is 7.39. The molecule has 1 rings (SSSR count). The first-order valence-corrected chi connectivity index (χ1v) is 7.92. The molecule has 0 bridgehead atoms.